The van der Waals surface area contributed by atoms with Gasteiger partial charge < -0.3 is 4.90 Å². The molecule has 4 heteroatoms. The zero-order valence-electron chi connectivity index (χ0n) is 31.4. The van der Waals surface area contributed by atoms with Crippen LogP contribution in [0.4, 0.5) is 22.7 Å². The lowest BCUT2D eigenvalue weighted by molar-refractivity contribution is 0.0893. The van der Waals surface area contributed by atoms with Crippen molar-refractivity contribution in [2.75, 3.05) is 9.80 Å². The molecular weight excluding hydrogens is 661 g/mol. The summed E-state index contributed by atoms with van der Waals surface area (Å²) in [6.07, 6.45) is 4.40. The molecule has 262 valence electrons. The topological polar surface area (TPSA) is 40.6 Å². The first kappa shape index (κ1) is 32.4. The molecule has 0 N–H and O–H groups in total. The lowest BCUT2D eigenvalue weighted by atomic mass is 9.80. The number of hydrogen-bond donors (Lipinski definition) is 0. The Morgan fingerprint density at radius 2 is 0.944 bits per heavy atom. The number of imide groups is 1. The number of hydrogen-bond acceptors (Lipinski definition) is 3. The zero-order chi connectivity index (χ0) is 37.3. The summed E-state index contributed by atoms with van der Waals surface area (Å²) in [5.74, 6) is -0.557. The highest BCUT2D eigenvalue weighted by Gasteiger charge is 2.38. The van der Waals surface area contributed by atoms with Crippen LogP contribution in [0.25, 0.3) is 55.2 Å². The SMILES string of the molecule is CC(C)(C)c1ccc(C(C)(C)C)c(N2C(=O)c3ccc4c5cccc6c(N7c8ccccc8C=Cc8ccccc87)ccc(c7ccc(c3c47)C2=O)c65)c1. The lowest BCUT2D eigenvalue weighted by Crippen LogP contribution is -2.42. The van der Waals surface area contributed by atoms with E-state index in [4.69, 9.17) is 0 Å². The number of nitrogens with zero attached hydrogens (tertiary/aromatic N) is 2. The molecule has 0 aliphatic carbocycles. The van der Waals surface area contributed by atoms with Crippen molar-refractivity contribution in [2.24, 2.45) is 0 Å². The number of fused-ring (bicyclic) bond motifs is 4. The van der Waals surface area contributed by atoms with Gasteiger partial charge in [-0.05, 0) is 102 Å². The van der Waals surface area contributed by atoms with Crippen LogP contribution in [-0.4, -0.2) is 11.8 Å². The third kappa shape index (κ3) is 4.49. The van der Waals surface area contributed by atoms with Gasteiger partial charge in [0.15, 0.2) is 0 Å². The van der Waals surface area contributed by atoms with Crippen LogP contribution in [0.15, 0.2) is 121 Å². The molecule has 54 heavy (non-hydrogen) atoms. The van der Waals surface area contributed by atoms with E-state index in [0.29, 0.717) is 16.8 Å². The Bertz CT molecular complexity index is 2830. The van der Waals surface area contributed by atoms with Crippen molar-refractivity contribution in [3.05, 3.63) is 155 Å². The first-order valence-corrected chi connectivity index (χ1v) is 18.8. The summed E-state index contributed by atoms with van der Waals surface area (Å²) in [6, 6.07) is 42.4. The van der Waals surface area contributed by atoms with Gasteiger partial charge in [-0.3, -0.25) is 9.59 Å². The minimum atomic E-state index is -0.286. The van der Waals surface area contributed by atoms with E-state index < -0.39 is 0 Å². The van der Waals surface area contributed by atoms with Gasteiger partial charge in [0.1, 0.15) is 0 Å². The van der Waals surface area contributed by atoms with Crippen molar-refractivity contribution in [3.63, 3.8) is 0 Å². The zero-order valence-corrected chi connectivity index (χ0v) is 31.4. The number of anilines is 4. The molecule has 2 amide bonds. The Balaban J connectivity index is 1.22. The molecule has 2 aliphatic rings. The Hall–Kier alpha value is -6.26. The highest BCUT2D eigenvalue weighted by atomic mass is 16.2. The fourth-order valence-corrected chi connectivity index (χ4v) is 8.94. The smallest absolute Gasteiger partial charge is 0.265 e. The van der Waals surface area contributed by atoms with Gasteiger partial charge in [-0.25, -0.2) is 4.90 Å². The quantitative estimate of drug-likeness (QED) is 0.102. The van der Waals surface area contributed by atoms with Crippen molar-refractivity contribution in [1.29, 1.82) is 0 Å². The molecule has 8 aromatic rings. The maximum atomic E-state index is 14.8. The molecule has 0 bridgehead atoms. The first-order chi connectivity index (χ1) is 25.9. The van der Waals surface area contributed by atoms with Crippen LogP contribution in [-0.2, 0) is 10.8 Å². The predicted molar refractivity (Wildman–Crippen MR) is 226 cm³/mol. The van der Waals surface area contributed by atoms with E-state index in [2.05, 4.69) is 168 Å². The average Bonchev–Trinajstić information content (AvgIpc) is 3.32. The van der Waals surface area contributed by atoms with Crippen molar-refractivity contribution in [2.45, 2.75) is 52.4 Å². The van der Waals surface area contributed by atoms with Crippen molar-refractivity contribution >= 4 is 89.8 Å². The molecule has 0 saturated heterocycles. The number of rotatable bonds is 2. The van der Waals surface area contributed by atoms with Gasteiger partial charge in [-0.1, -0.05) is 139 Å². The summed E-state index contributed by atoms with van der Waals surface area (Å²) < 4.78 is 0. The fourth-order valence-electron chi connectivity index (χ4n) is 8.94. The van der Waals surface area contributed by atoms with Gasteiger partial charge in [0.2, 0.25) is 0 Å². The fraction of sp³-hybridized carbons (Fsp3) is 0.160. The molecule has 0 atom stereocenters. The molecule has 2 aliphatic heterocycles. The molecule has 10 rings (SSSR count). The maximum absolute atomic E-state index is 14.8. The van der Waals surface area contributed by atoms with E-state index in [1.165, 1.54) is 10.3 Å². The summed E-state index contributed by atoms with van der Waals surface area (Å²) >= 11 is 0. The van der Waals surface area contributed by atoms with E-state index in [1.807, 2.05) is 12.1 Å². The van der Waals surface area contributed by atoms with Crippen LogP contribution in [0.1, 0.15) is 84.5 Å². The Kier molecular flexibility index (Phi) is 6.68. The van der Waals surface area contributed by atoms with Gasteiger partial charge in [-0.15, -0.1) is 0 Å². The highest BCUT2D eigenvalue weighted by molar-refractivity contribution is 6.42. The molecule has 0 spiro atoms. The molecular formula is C50H40N2O2. The second-order valence-electron chi connectivity index (χ2n) is 16.9. The largest absolute Gasteiger partial charge is 0.309 e. The first-order valence-electron chi connectivity index (χ1n) is 18.8. The van der Waals surface area contributed by atoms with Crippen LogP contribution in [0.5, 0.6) is 0 Å². The van der Waals surface area contributed by atoms with Gasteiger partial charge in [-0.2, -0.15) is 0 Å². The van der Waals surface area contributed by atoms with Crippen molar-refractivity contribution in [1.82, 2.24) is 0 Å². The van der Waals surface area contributed by atoms with E-state index >= 15 is 0 Å². The van der Waals surface area contributed by atoms with Gasteiger partial charge in [0.25, 0.3) is 11.8 Å². The second kappa shape index (κ2) is 11.1. The lowest BCUT2D eigenvalue weighted by Gasteiger charge is -2.34. The Morgan fingerprint density at radius 1 is 0.407 bits per heavy atom. The normalized spacial score (nSPS) is 14.4. The number of carbonyl (C=O) groups is 2. The molecule has 0 fully saturated rings. The second-order valence-corrected chi connectivity index (χ2v) is 16.9. The number of benzene rings is 8. The summed E-state index contributed by atoms with van der Waals surface area (Å²) in [4.78, 5) is 33.3. The summed E-state index contributed by atoms with van der Waals surface area (Å²) in [6.45, 7) is 12.9. The predicted octanol–water partition coefficient (Wildman–Crippen LogP) is 13.1. The summed E-state index contributed by atoms with van der Waals surface area (Å²) in [5, 5.41) is 8.30. The van der Waals surface area contributed by atoms with Crippen LogP contribution in [0.3, 0.4) is 0 Å². The van der Waals surface area contributed by atoms with E-state index in [-0.39, 0.29) is 22.6 Å². The van der Waals surface area contributed by atoms with Crippen LogP contribution >= 0.6 is 0 Å². The third-order valence-corrected chi connectivity index (χ3v) is 11.6. The van der Waals surface area contributed by atoms with Crippen LogP contribution in [0, 0.1) is 0 Å². The van der Waals surface area contributed by atoms with Crippen molar-refractivity contribution < 1.29 is 9.59 Å². The van der Waals surface area contributed by atoms with Crippen LogP contribution in [0.2, 0.25) is 0 Å². The van der Waals surface area contributed by atoms with Crippen LogP contribution < -0.4 is 9.80 Å². The van der Waals surface area contributed by atoms with E-state index in [1.54, 1.807) is 0 Å². The summed E-state index contributed by atoms with van der Waals surface area (Å²) in [7, 11) is 0. The Labute approximate surface area is 315 Å². The van der Waals surface area contributed by atoms with Gasteiger partial charge in [0, 0.05) is 21.9 Å². The molecule has 2 heterocycles. The maximum Gasteiger partial charge on any atom is 0.265 e. The molecule has 0 radical (unpaired) electrons. The minimum absolute atomic E-state index is 0.156. The molecule has 4 nitrogen and oxygen atoms in total. The van der Waals surface area contributed by atoms with E-state index in [9.17, 15) is 9.59 Å². The highest BCUT2D eigenvalue weighted by Crippen LogP contribution is 2.50. The molecule has 0 saturated carbocycles. The summed E-state index contributed by atoms with van der Waals surface area (Å²) in [5.41, 5.74) is 9.04. The minimum Gasteiger partial charge on any atom is -0.309 e. The van der Waals surface area contributed by atoms with E-state index in [0.717, 1.165) is 77.0 Å². The monoisotopic (exact) mass is 700 g/mol. The van der Waals surface area contributed by atoms with Crippen molar-refractivity contribution in [3.8, 4) is 0 Å². The van der Waals surface area contributed by atoms with Gasteiger partial charge in [0.05, 0.1) is 22.7 Å². The molecule has 0 aromatic heterocycles. The number of amides is 2. The standard InChI is InChI=1S/C50H40N2O2/c1-49(2,3)31-20-26-39(50(4,5)6)43(28-31)52-47(53)37-23-21-34-32-14-11-15-36-42(27-25-33(44(32)36)35-22-24-38(48(52)54)46(37)45(34)35)51-40-16-9-7-12-29(40)18-19-30-13-8-10-17-41(30)51/h7-28H,1-6H3. The molecule has 0 unspecified atom stereocenters. The number of carbonyl (C=O) groups excluding carboxylic acids is 2. The average molecular weight is 701 g/mol. The molecule has 8 aromatic carbocycles. The number of para-hydroxylation sites is 2. The van der Waals surface area contributed by atoms with Gasteiger partial charge >= 0.3 is 0 Å². The Morgan fingerprint density at radius 3 is 1.54 bits per heavy atom. The third-order valence-electron chi connectivity index (χ3n) is 11.6.